The van der Waals surface area contributed by atoms with Gasteiger partial charge in [-0.15, -0.1) is 0 Å². The Morgan fingerprint density at radius 2 is 1.72 bits per heavy atom. The minimum Gasteiger partial charge on any atom is -0.454 e. The summed E-state index contributed by atoms with van der Waals surface area (Å²) in [7, 11) is 0. The minimum absolute atomic E-state index is 0.0488. The third-order valence-corrected chi connectivity index (χ3v) is 5.36. The van der Waals surface area contributed by atoms with Crippen molar-refractivity contribution >= 4 is 16.9 Å². The number of aromatic nitrogens is 3. The lowest BCUT2D eigenvalue weighted by molar-refractivity contribution is -0.137. The van der Waals surface area contributed by atoms with Crippen LogP contribution >= 0.6 is 0 Å². The molecule has 0 unspecified atom stereocenters. The summed E-state index contributed by atoms with van der Waals surface area (Å²) in [5.74, 6) is -1.51. The van der Waals surface area contributed by atoms with Crippen molar-refractivity contribution in [2.45, 2.75) is 12.8 Å². The van der Waals surface area contributed by atoms with E-state index in [-0.39, 0.29) is 29.3 Å². The van der Waals surface area contributed by atoms with E-state index in [1.165, 1.54) is 24.5 Å². The van der Waals surface area contributed by atoms with Gasteiger partial charge in [-0.2, -0.15) is 18.2 Å². The van der Waals surface area contributed by atoms with Crippen molar-refractivity contribution in [2.75, 3.05) is 0 Å². The zero-order chi connectivity index (χ0) is 25.3. The fourth-order valence-corrected chi connectivity index (χ4v) is 3.58. The normalized spacial score (nSPS) is 11.5. The molecule has 180 valence electrons. The van der Waals surface area contributed by atoms with Gasteiger partial charge in [0.25, 0.3) is 5.56 Å². The molecular weight excluding hydrogens is 475 g/mol. The van der Waals surface area contributed by atoms with E-state index in [0.29, 0.717) is 5.39 Å². The molecule has 3 aromatic heterocycles. The summed E-state index contributed by atoms with van der Waals surface area (Å²) >= 11 is 0. The van der Waals surface area contributed by atoms with Crippen LogP contribution in [-0.2, 0) is 17.5 Å². The number of oxazole rings is 1. The molecule has 0 aliphatic carbocycles. The summed E-state index contributed by atoms with van der Waals surface area (Å²) in [5.41, 5.74) is -0.340. The lowest BCUT2D eigenvalue weighted by Gasteiger charge is -2.08. The summed E-state index contributed by atoms with van der Waals surface area (Å²) in [6.07, 6.45) is -1.65. The number of ether oxygens (including phenoxy) is 1. The highest BCUT2D eigenvalue weighted by Crippen LogP contribution is 2.33. The summed E-state index contributed by atoms with van der Waals surface area (Å²) < 4.78 is 51.2. The van der Waals surface area contributed by atoms with E-state index in [9.17, 15) is 22.8 Å². The van der Waals surface area contributed by atoms with Crippen LogP contribution in [0.2, 0.25) is 0 Å². The fourth-order valence-electron chi connectivity index (χ4n) is 3.58. The number of esters is 1. The minimum atomic E-state index is -4.53. The Morgan fingerprint density at radius 3 is 2.44 bits per heavy atom. The average molecular weight is 491 g/mol. The quantitative estimate of drug-likeness (QED) is 0.305. The second-order valence-electron chi connectivity index (χ2n) is 7.74. The topological polar surface area (TPSA) is 87.2 Å². The first-order valence-corrected chi connectivity index (χ1v) is 10.7. The lowest BCUT2D eigenvalue weighted by Crippen LogP contribution is -2.19. The van der Waals surface area contributed by atoms with Crippen molar-refractivity contribution in [3.63, 3.8) is 0 Å². The predicted molar refractivity (Wildman–Crippen MR) is 123 cm³/mol. The van der Waals surface area contributed by atoms with Crippen molar-refractivity contribution in [3.8, 4) is 17.1 Å². The molecule has 2 aromatic carbocycles. The molecule has 0 radical (unpaired) electrons. The van der Waals surface area contributed by atoms with E-state index in [0.717, 1.165) is 22.3 Å². The number of carbonyl (C=O) groups excluding carboxylic acids is 1. The molecule has 0 atom stereocenters. The second kappa shape index (κ2) is 9.14. The lowest BCUT2D eigenvalue weighted by atomic mass is 10.1. The van der Waals surface area contributed by atoms with Gasteiger partial charge in [-0.1, -0.05) is 48.5 Å². The maximum Gasteiger partial charge on any atom is 0.416 e. The SMILES string of the molecule is O=C(OCc1ccccc1)c1nc(-n2ccc3cccnc3c2=O)c(-c2ccc(C(F)(F)F)cc2)o1. The molecule has 0 aliphatic rings. The highest BCUT2D eigenvalue weighted by molar-refractivity contribution is 5.86. The van der Waals surface area contributed by atoms with Crippen molar-refractivity contribution in [3.05, 3.63) is 113 Å². The molecule has 0 N–H and O–H groups in total. The van der Waals surface area contributed by atoms with E-state index >= 15 is 0 Å². The highest BCUT2D eigenvalue weighted by Gasteiger charge is 2.31. The Labute approximate surface area is 201 Å². The number of halogens is 3. The van der Waals surface area contributed by atoms with Crippen LogP contribution in [0.5, 0.6) is 0 Å². The summed E-state index contributed by atoms with van der Waals surface area (Å²) in [6.45, 7) is -0.0488. The summed E-state index contributed by atoms with van der Waals surface area (Å²) in [6, 6.07) is 18.0. The number of alkyl halides is 3. The smallest absolute Gasteiger partial charge is 0.416 e. The fraction of sp³-hybridized carbons (Fsp3) is 0.0769. The molecule has 5 rings (SSSR count). The van der Waals surface area contributed by atoms with E-state index in [1.54, 1.807) is 42.5 Å². The Morgan fingerprint density at radius 1 is 0.972 bits per heavy atom. The Kier molecular flexibility index (Phi) is 5.85. The zero-order valence-corrected chi connectivity index (χ0v) is 18.4. The molecule has 5 aromatic rings. The maximum atomic E-state index is 13.1. The van der Waals surface area contributed by atoms with Crippen LogP contribution in [0.15, 0.2) is 94.4 Å². The number of fused-ring (bicyclic) bond motifs is 1. The first-order valence-electron chi connectivity index (χ1n) is 10.7. The van der Waals surface area contributed by atoms with Crippen LogP contribution in [0, 0.1) is 0 Å². The van der Waals surface area contributed by atoms with Crippen LogP contribution in [0.1, 0.15) is 21.8 Å². The Bertz CT molecular complexity index is 1610. The van der Waals surface area contributed by atoms with Gasteiger partial charge < -0.3 is 9.15 Å². The number of carbonyl (C=O) groups is 1. The van der Waals surface area contributed by atoms with Gasteiger partial charge >= 0.3 is 18.0 Å². The van der Waals surface area contributed by atoms with Crippen molar-refractivity contribution in [1.29, 1.82) is 0 Å². The van der Waals surface area contributed by atoms with E-state index < -0.39 is 29.2 Å². The van der Waals surface area contributed by atoms with Gasteiger partial charge in [-0.3, -0.25) is 14.3 Å². The number of hydrogen-bond acceptors (Lipinski definition) is 6. The molecule has 0 saturated heterocycles. The number of hydrogen-bond donors (Lipinski definition) is 0. The highest BCUT2D eigenvalue weighted by atomic mass is 19.4. The maximum absolute atomic E-state index is 13.1. The van der Waals surface area contributed by atoms with Gasteiger partial charge in [0.2, 0.25) is 0 Å². The van der Waals surface area contributed by atoms with Crippen molar-refractivity contribution < 1.29 is 27.1 Å². The third-order valence-electron chi connectivity index (χ3n) is 5.36. The van der Waals surface area contributed by atoms with Gasteiger partial charge in [0.1, 0.15) is 12.1 Å². The van der Waals surface area contributed by atoms with Gasteiger partial charge in [0.05, 0.1) is 5.56 Å². The number of benzene rings is 2. The molecule has 10 heteroatoms. The number of rotatable bonds is 5. The number of pyridine rings is 2. The molecule has 0 fully saturated rings. The molecule has 0 aliphatic heterocycles. The summed E-state index contributed by atoms with van der Waals surface area (Å²) in [4.78, 5) is 34.1. The van der Waals surface area contributed by atoms with Crippen LogP contribution in [0.25, 0.3) is 28.0 Å². The second-order valence-corrected chi connectivity index (χ2v) is 7.74. The standard InChI is InChI=1S/C26H16F3N3O4/c27-26(28,29)19-10-8-18(9-11-19)21-22(32-14-12-17-7-4-13-30-20(17)24(32)33)31-23(36-21)25(34)35-15-16-5-2-1-3-6-16/h1-14H,15H2. The first kappa shape index (κ1) is 23.0. The van der Waals surface area contributed by atoms with Crippen LogP contribution < -0.4 is 5.56 Å². The van der Waals surface area contributed by atoms with Crippen molar-refractivity contribution in [1.82, 2.24) is 14.5 Å². The molecule has 0 amide bonds. The molecule has 36 heavy (non-hydrogen) atoms. The van der Waals surface area contributed by atoms with Gasteiger partial charge in [-0.25, -0.2) is 4.79 Å². The van der Waals surface area contributed by atoms with Crippen LogP contribution in [0.4, 0.5) is 13.2 Å². The molecular formula is C26H16F3N3O4. The zero-order valence-electron chi connectivity index (χ0n) is 18.4. The largest absolute Gasteiger partial charge is 0.454 e. The molecule has 0 saturated carbocycles. The van der Waals surface area contributed by atoms with E-state index in [2.05, 4.69) is 9.97 Å². The molecule has 7 nitrogen and oxygen atoms in total. The van der Waals surface area contributed by atoms with Gasteiger partial charge in [-0.05, 0) is 29.8 Å². The summed E-state index contributed by atoms with van der Waals surface area (Å²) in [5, 5.41) is 0.584. The van der Waals surface area contributed by atoms with Crippen molar-refractivity contribution in [2.24, 2.45) is 0 Å². The Balaban J connectivity index is 1.58. The monoisotopic (exact) mass is 491 g/mol. The van der Waals surface area contributed by atoms with E-state index in [4.69, 9.17) is 9.15 Å². The first-order chi connectivity index (χ1) is 17.3. The van der Waals surface area contributed by atoms with Crippen LogP contribution in [0.3, 0.4) is 0 Å². The predicted octanol–water partition coefficient (Wildman–Crippen LogP) is 5.42. The molecule has 3 heterocycles. The van der Waals surface area contributed by atoms with Gasteiger partial charge in [0.15, 0.2) is 11.6 Å². The van der Waals surface area contributed by atoms with Gasteiger partial charge in [0, 0.05) is 23.3 Å². The molecule has 0 bridgehead atoms. The average Bonchev–Trinajstić information content (AvgIpc) is 3.33. The number of nitrogens with zero attached hydrogens (tertiary/aromatic N) is 3. The van der Waals surface area contributed by atoms with Crippen LogP contribution in [-0.4, -0.2) is 20.5 Å². The molecule has 0 spiro atoms. The Hall–Kier alpha value is -4.73. The van der Waals surface area contributed by atoms with E-state index in [1.807, 2.05) is 6.07 Å². The third kappa shape index (κ3) is 4.48.